The van der Waals surface area contributed by atoms with Crippen LogP contribution < -0.4 is 14.8 Å². The highest BCUT2D eigenvalue weighted by molar-refractivity contribution is 5.93. The summed E-state index contributed by atoms with van der Waals surface area (Å²) in [7, 11) is 0. The van der Waals surface area contributed by atoms with Crippen molar-refractivity contribution in [2.24, 2.45) is 0 Å². The summed E-state index contributed by atoms with van der Waals surface area (Å²) in [4.78, 5) is 23.5. The van der Waals surface area contributed by atoms with E-state index in [-0.39, 0.29) is 18.5 Å². The van der Waals surface area contributed by atoms with E-state index in [4.69, 9.17) is 14.2 Å². The van der Waals surface area contributed by atoms with E-state index in [1.807, 2.05) is 6.92 Å². The fourth-order valence-electron chi connectivity index (χ4n) is 2.10. The summed E-state index contributed by atoms with van der Waals surface area (Å²) in [6, 6.07) is 13.6. The molecule has 6 heteroatoms. The first kappa shape index (κ1) is 19.3. The van der Waals surface area contributed by atoms with Crippen LogP contribution in [-0.2, 0) is 9.53 Å². The third kappa shape index (κ3) is 6.12. The fourth-order valence-corrected chi connectivity index (χ4v) is 2.10. The lowest BCUT2D eigenvalue weighted by molar-refractivity contribution is -0.118. The first-order chi connectivity index (χ1) is 12.6. The molecule has 0 heterocycles. The molecule has 0 radical (unpaired) electrons. The first-order valence-electron chi connectivity index (χ1n) is 8.55. The topological polar surface area (TPSA) is 73.9 Å². The number of carbonyl (C=O) groups excluding carboxylic acids is 2. The van der Waals surface area contributed by atoms with Gasteiger partial charge in [0.15, 0.2) is 6.61 Å². The van der Waals surface area contributed by atoms with Crippen molar-refractivity contribution in [1.82, 2.24) is 0 Å². The van der Waals surface area contributed by atoms with Crippen molar-refractivity contribution >= 4 is 17.6 Å². The van der Waals surface area contributed by atoms with Crippen LogP contribution in [0.1, 0.15) is 30.6 Å². The van der Waals surface area contributed by atoms with Gasteiger partial charge in [-0.1, -0.05) is 6.92 Å². The van der Waals surface area contributed by atoms with Gasteiger partial charge in [0, 0.05) is 5.69 Å². The second-order valence-electron chi connectivity index (χ2n) is 5.45. The number of carbonyl (C=O) groups is 2. The Bertz CT molecular complexity index is 710. The van der Waals surface area contributed by atoms with Gasteiger partial charge < -0.3 is 19.5 Å². The van der Waals surface area contributed by atoms with E-state index in [0.717, 1.165) is 12.2 Å². The van der Waals surface area contributed by atoms with Crippen LogP contribution >= 0.6 is 0 Å². The van der Waals surface area contributed by atoms with Gasteiger partial charge in [-0.15, -0.1) is 0 Å². The third-order valence-corrected chi connectivity index (χ3v) is 3.35. The van der Waals surface area contributed by atoms with E-state index in [1.165, 1.54) is 0 Å². The maximum Gasteiger partial charge on any atom is 0.338 e. The Balaban J connectivity index is 1.80. The summed E-state index contributed by atoms with van der Waals surface area (Å²) >= 11 is 0. The molecule has 0 saturated carbocycles. The molecule has 0 saturated heterocycles. The van der Waals surface area contributed by atoms with Crippen LogP contribution in [0.3, 0.4) is 0 Å². The van der Waals surface area contributed by atoms with Gasteiger partial charge in [0.1, 0.15) is 11.5 Å². The van der Waals surface area contributed by atoms with E-state index >= 15 is 0 Å². The van der Waals surface area contributed by atoms with E-state index in [1.54, 1.807) is 55.5 Å². The van der Waals surface area contributed by atoms with Crippen LogP contribution in [0.25, 0.3) is 0 Å². The molecule has 0 fully saturated rings. The zero-order chi connectivity index (χ0) is 18.8. The molecule has 26 heavy (non-hydrogen) atoms. The van der Waals surface area contributed by atoms with E-state index < -0.39 is 0 Å². The summed E-state index contributed by atoms with van der Waals surface area (Å²) < 4.78 is 15.9. The Morgan fingerprint density at radius 3 is 2.08 bits per heavy atom. The van der Waals surface area contributed by atoms with Crippen molar-refractivity contribution in [3.05, 3.63) is 54.1 Å². The molecule has 0 aliphatic carbocycles. The van der Waals surface area contributed by atoms with Gasteiger partial charge in [-0.3, -0.25) is 4.79 Å². The summed E-state index contributed by atoms with van der Waals surface area (Å²) in [6.07, 6.45) is 0.944. The van der Waals surface area contributed by atoms with Crippen molar-refractivity contribution in [3.63, 3.8) is 0 Å². The summed E-state index contributed by atoms with van der Waals surface area (Å²) in [5.74, 6) is 0.673. The molecular formula is C20H23NO5. The van der Waals surface area contributed by atoms with Crippen LogP contribution in [0.2, 0.25) is 0 Å². The van der Waals surface area contributed by atoms with E-state index in [0.29, 0.717) is 30.2 Å². The number of hydrogen-bond acceptors (Lipinski definition) is 5. The predicted molar refractivity (Wildman–Crippen MR) is 98.8 cm³/mol. The summed E-state index contributed by atoms with van der Waals surface area (Å²) in [6.45, 7) is 4.66. The van der Waals surface area contributed by atoms with Crippen LogP contribution in [0, 0.1) is 0 Å². The largest absolute Gasteiger partial charge is 0.494 e. The number of nitrogens with one attached hydrogen (secondary N) is 1. The van der Waals surface area contributed by atoms with E-state index in [9.17, 15) is 9.59 Å². The highest BCUT2D eigenvalue weighted by atomic mass is 16.5. The molecule has 0 bridgehead atoms. The third-order valence-electron chi connectivity index (χ3n) is 3.35. The number of anilines is 1. The maximum absolute atomic E-state index is 12.0. The zero-order valence-electron chi connectivity index (χ0n) is 15.0. The molecule has 1 N–H and O–H groups in total. The summed E-state index contributed by atoms with van der Waals surface area (Å²) in [5, 5.41) is 2.71. The predicted octanol–water partition coefficient (Wildman–Crippen LogP) is 3.67. The van der Waals surface area contributed by atoms with Gasteiger partial charge in [0.2, 0.25) is 0 Å². The number of ether oxygens (including phenoxy) is 3. The molecule has 0 atom stereocenters. The lowest BCUT2D eigenvalue weighted by atomic mass is 10.2. The van der Waals surface area contributed by atoms with Gasteiger partial charge >= 0.3 is 5.97 Å². The highest BCUT2D eigenvalue weighted by Crippen LogP contribution is 2.18. The molecular weight excluding hydrogens is 334 g/mol. The van der Waals surface area contributed by atoms with Crippen molar-refractivity contribution < 1.29 is 23.8 Å². The minimum Gasteiger partial charge on any atom is -0.494 e. The standard InChI is InChI=1S/C20H23NO5/c1-3-13-25-17-9-11-18(12-10-17)26-14-19(22)21-16-7-5-15(6-8-16)20(23)24-4-2/h5-12H,3-4,13-14H2,1-2H3,(H,21,22). The van der Waals surface area contributed by atoms with Gasteiger partial charge in [-0.05, 0) is 61.9 Å². The molecule has 2 rings (SSSR count). The Kier molecular flexibility index (Phi) is 7.49. The number of rotatable bonds is 9. The summed E-state index contributed by atoms with van der Waals surface area (Å²) in [5.41, 5.74) is 1.02. The normalized spacial score (nSPS) is 10.1. The Morgan fingerprint density at radius 2 is 1.50 bits per heavy atom. The number of benzene rings is 2. The zero-order valence-corrected chi connectivity index (χ0v) is 15.0. The molecule has 2 aromatic carbocycles. The van der Waals surface area contributed by atoms with Crippen LogP contribution in [0.5, 0.6) is 11.5 Å². The quantitative estimate of drug-likeness (QED) is 0.693. The SMILES string of the molecule is CCCOc1ccc(OCC(=O)Nc2ccc(C(=O)OCC)cc2)cc1. The molecule has 0 aliphatic heterocycles. The maximum atomic E-state index is 12.0. The van der Waals surface area contributed by atoms with Crippen LogP contribution in [-0.4, -0.2) is 31.7 Å². The second kappa shape index (κ2) is 10.1. The number of hydrogen-bond donors (Lipinski definition) is 1. The number of amides is 1. The highest BCUT2D eigenvalue weighted by Gasteiger charge is 2.08. The van der Waals surface area contributed by atoms with Gasteiger partial charge in [-0.25, -0.2) is 4.79 Å². The van der Waals surface area contributed by atoms with Crippen molar-refractivity contribution in [2.45, 2.75) is 20.3 Å². The average molecular weight is 357 g/mol. The van der Waals surface area contributed by atoms with E-state index in [2.05, 4.69) is 5.32 Å². The average Bonchev–Trinajstić information content (AvgIpc) is 2.66. The molecule has 2 aromatic rings. The van der Waals surface area contributed by atoms with Gasteiger partial charge in [0.25, 0.3) is 5.91 Å². The smallest absolute Gasteiger partial charge is 0.338 e. The monoisotopic (exact) mass is 357 g/mol. The lowest BCUT2D eigenvalue weighted by Gasteiger charge is -2.09. The fraction of sp³-hybridized carbons (Fsp3) is 0.300. The Morgan fingerprint density at radius 1 is 0.885 bits per heavy atom. The molecule has 6 nitrogen and oxygen atoms in total. The van der Waals surface area contributed by atoms with Crippen LogP contribution in [0.15, 0.2) is 48.5 Å². The molecule has 138 valence electrons. The minimum absolute atomic E-state index is 0.116. The minimum atomic E-state index is -0.389. The van der Waals surface area contributed by atoms with Crippen molar-refractivity contribution in [2.75, 3.05) is 25.1 Å². The Hall–Kier alpha value is -3.02. The lowest BCUT2D eigenvalue weighted by Crippen LogP contribution is -2.20. The number of esters is 1. The molecule has 0 unspecified atom stereocenters. The molecule has 0 aromatic heterocycles. The second-order valence-corrected chi connectivity index (χ2v) is 5.45. The van der Waals surface area contributed by atoms with Crippen molar-refractivity contribution in [1.29, 1.82) is 0 Å². The molecule has 1 amide bonds. The molecule has 0 spiro atoms. The van der Waals surface area contributed by atoms with Crippen LogP contribution in [0.4, 0.5) is 5.69 Å². The molecule has 0 aliphatic rings. The van der Waals surface area contributed by atoms with Crippen molar-refractivity contribution in [3.8, 4) is 11.5 Å². The Labute approximate surface area is 153 Å². The van der Waals surface area contributed by atoms with Gasteiger partial charge in [0.05, 0.1) is 18.8 Å². The van der Waals surface area contributed by atoms with Gasteiger partial charge in [-0.2, -0.15) is 0 Å². The first-order valence-corrected chi connectivity index (χ1v) is 8.55.